The van der Waals surface area contributed by atoms with E-state index in [2.05, 4.69) is 0 Å². The van der Waals surface area contributed by atoms with Gasteiger partial charge in [-0.3, -0.25) is 4.79 Å². The molecule has 2 aromatic carbocycles. The summed E-state index contributed by atoms with van der Waals surface area (Å²) in [6.07, 6.45) is -0.749. The van der Waals surface area contributed by atoms with Crippen LogP contribution in [0.5, 0.6) is 11.5 Å². The van der Waals surface area contributed by atoms with Crippen molar-refractivity contribution in [3.05, 3.63) is 65.2 Å². The minimum absolute atomic E-state index is 0.145. The first-order valence-electron chi connectivity index (χ1n) is 10.1. The van der Waals surface area contributed by atoms with Gasteiger partial charge in [-0.05, 0) is 55.8 Å². The van der Waals surface area contributed by atoms with Gasteiger partial charge >= 0.3 is 11.9 Å². The Morgan fingerprint density at radius 1 is 0.839 bits per heavy atom. The van der Waals surface area contributed by atoms with Crippen LogP contribution < -0.4 is 9.47 Å². The molecular weight excluding hydrogens is 400 g/mol. The quantitative estimate of drug-likeness (QED) is 0.592. The first-order chi connectivity index (χ1) is 15.0. The Bertz CT molecular complexity index is 945. The van der Waals surface area contributed by atoms with Crippen LogP contribution in [0.1, 0.15) is 31.1 Å². The number of carbonyl (C=O) groups excluding carboxylic acids is 2. The molecule has 1 aliphatic heterocycles. The van der Waals surface area contributed by atoms with Crippen LogP contribution in [0.2, 0.25) is 0 Å². The van der Waals surface area contributed by atoms with Gasteiger partial charge in [-0.1, -0.05) is 12.1 Å². The van der Waals surface area contributed by atoms with Crippen LogP contribution in [-0.4, -0.2) is 39.4 Å². The van der Waals surface area contributed by atoms with E-state index in [4.69, 9.17) is 23.7 Å². The fraction of sp³-hybridized carbons (Fsp3) is 0.333. The van der Waals surface area contributed by atoms with Gasteiger partial charge in [0.25, 0.3) is 0 Å². The fourth-order valence-electron chi connectivity index (χ4n) is 3.47. The minimum Gasteiger partial charge on any atom is -0.497 e. The minimum atomic E-state index is -0.968. The Morgan fingerprint density at radius 2 is 1.39 bits per heavy atom. The summed E-state index contributed by atoms with van der Waals surface area (Å²) < 4.78 is 27.2. The zero-order valence-corrected chi connectivity index (χ0v) is 18.0. The maximum absolute atomic E-state index is 13.0. The van der Waals surface area contributed by atoms with E-state index in [1.165, 1.54) is 0 Å². The number of esters is 2. The van der Waals surface area contributed by atoms with Crippen LogP contribution in [0.25, 0.3) is 5.76 Å². The van der Waals surface area contributed by atoms with Crippen molar-refractivity contribution >= 4 is 17.7 Å². The molecule has 0 fully saturated rings. The molecule has 7 nitrogen and oxygen atoms in total. The van der Waals surface area contributed by atoms with Crippen LogP contribution >= 0.6 is 0 Å². The molecule has 0 spiro atoms. The molecule has 2 aromatic rings. The highest BCUT2D eigenvalue weighted by Crippen LogP contribution is 2.46. The number of benzene rings is 2. The molecule has 1 heterocycles. The first-order valence-corrected chi connectivity index (χ1v) is 10.1. The lowest BCUT2D eigenvalue weighted by molar-refractivity contribution is -0.152. The molecule has 0 unspecified atom stereocenters. The zero-order valence-electron chi connectivity index (χ0n) is 18.0. The van der Waals surface area contributed by atoms with Crippen molar-refractivity contribution in [2.24, 2.45) is 5.92 Å². The largest absolute Gasteiger partial charge is 0.497 e. The standard InChI is InChI=1S/C24H26O7/c1-5-29-23(25)19-20(24(26)30-6-2)22(16-9-13-18(28-4)14-10-16)31-21(19)15-7-11-17(27-3)12-8-15/h7-14,19,21H,5-6H2,1-4H3/t19-,21-/m0/s1. The Morgan fingerprint density at radius 3 is 1.90 bits per heavy atom. The Balaban J connectivity index is 2.11. The highest BCUT2D eigenvalue weighted by molar-refractivity contribution is 6.03. The summed E-state index contributed by atoms with van der Waals surface area (Å²) in [4.78, 5) is 25.9. The van der Waals surface area contributed by atoms with Crippen molar-refractivity contribution in [2.45, 2.75) is 20.0 Å². The number of hydrogen-bond donors (Lipinski definition) is 0. The molecule has 0 amide bonds. The second-order valence-electron chi connectivity index (χ2n) is 6.73. The van der Waals surface area contributed by atoms with E-state index in [0.29, 0.717) is 28.4 Å². The predicted molar refractivity (Wildman–Crippen MR) is 113 cm³/mol. The summed E-state index contributed by atoms with van der Waals surface area (Å²) in [5.74, 6) is -0.501. The average molecular weight is 426 g/mol. The third-order valence-electron chi connectivity index (χ3n) is 4.94. The molecule has 0 aliphatic carbocycles. The van der Waals surface area contributed by atoms with Crippen molar-refractivity contribution in [1.82, 2.24) is 0 Å². The Hall–Kier alpha value is -3.48. The summed E-state index contributed by atoms with van der Waals surface area (Å²) in [7, 11) is 3.14. The molecule has 0 saturated heterocycles. The van der Waals surface area contributed by atoms with Gasteiger partial charge in [-0.15, -0.1) is 0 Å². The average Bonchev–Trinajstić information content (AvgIpc) is 3.20. The summed E-state index contributed by atoms with van der Waals surface area (Å²) >= 11 is 0. The number of hydrogen-bond acceptors (Lipinski definition) is 7. The maximum atomic E-state index is 13.0. The first kappa shape index (κ1) is 22.2. The topological polar surface area (TPSA) is 80.3 Å². The SMILES string of the molecule is CCOC(=O)C1=C(c2ccc(OC)cc2)O[C@@H](c2ccc(OC)cc2)[C@H]1C(=O)OCC. The van der Waals surface area contributed by atoms with E-state index >= 15 is 0 Å². The molecule has 0 bridgehead atoms. The van der Waals surface area contributed by atoms with E-state index in [1.807, 2.05) is 0 Å². The normalized spacial score (nSPS) is 17.7. The fourth-order valence-corrected chi connectivity index (χ4v) is 3.47. The van der Waals surface area contributed by atoms with Gasteiger partial charge in [-0.25, -0.2) is 4.79 Å². The summed E-state index contributed by atoms with van der Waals surface area (Å²) in [5.41, 5.74) is 1.49. The summed E-state index contributed by atoms with van der Waals surface area (Å²) in [5, 5.41) is 0. The van der Waals surface area contributed by atoms with Gasteiger partial charge in [0, 0.05) is 5.56 Å². The smallest absolute Gasteiger partial charge is 0.338 e. The lowest BCUT2D eigenvalue weighted by atomic mass is 9.89. The molecule has 1 aliphatic rings. The van der Waals surface area contributed by atoms with Crippen molar-refractivity contribution in [3.63, 3.8) is 0 Å². The van der Waals surface area contributed by atoms with Crippen LogP contribution in [0.3, 0.4) is 0 Å². The van der Waals surface area contributed by atoms with Crippen molar-refractivity contribution < 1.29 is 33.3 Å². The number of ether oxygens (including phenoxy) is 5. The van der Waals surface area contributed by atoms with Gasteiger partial charge in [-0.2, -0.15) is 0 Å². The van der Waals surface area contributed by atoms with Crippen LogP contribution in [0, 0.1) is 5.92 Å². The van der Waals surface area contributed by atoms with Crippen LogP contribution in [-0.2, 0) is 23.8 Å². The lowest BCUT2D eigenvalue weighted by Crippen LogP contribution is -2.27. The predicted octanol–water partition coefficient (Wildman–Crippen LogP) is 3.93. The van der Waals surface area contributed by atoms with Gasteiger partial charge < -0.3 is 23.7 Å². The van der Waals surface area contributed by atoms with Crippen molar-refractivity contribution in [1.29, 1.82) is 0 Å². The molecular formula is C24H26O7. The molecule has 3 rings (SSSR count). The Kier molecular flexibility index (Phi) is 7.18. The monoisotopic (exact) mass is 426 g/mol. The van der Waals surface area contributed by atoms with E-state index in [-0.39, 0.29) is 18.8 Å². The van der Waals surface area contributed by atoms with E-state index < -0.39 is 24.0 Å². The second-order valence-corrected chi connectivity index (χ2v) is 6.73. The highest BCUT2D eigenvalue weighted by atomic mass is 16.6. The summed E-state index contributed by atoms with van der Waals surface area (Å²) in [6, 6.07) is 14.2. The highest BCUT2D eigenvalue weighted by Gasteiger charge is 2.47. The van der Waals surface area contributed by atoms with E-state index in [9.17, 15) is 9.59 Å². The van der Waals surface area contributed by atoms with E-state index in [1.54, 1.807) is 76.6 Å². The van der Waals surface area contributed by atoms with Crippen LogP contribution in [0.15, 0.2) is 54.1 Å². The maximum Gasteiger partial charge on any atom is 0.338 e. The molecule has 0 N–H and O–H groups in total. The molecule has 0 radical (unpaired) electrons. The van der Waals surface area contributed by atoms with E-state index in [0.717, 1.165) is 0 Å². The molecule has 0 saturated carbocycles. The van der Waals surface area contributed by atoms with Gasteiger partial charge in [0.1, 0.15) is 29.3 Å². The van der Waals surface area contributed by atoms with Crippen molar-refractivity contribution in [2.75, 3.05) is 27.4 Å². The molecule has 2 atom stereocenters. The van der Waals surface area contributed by atoms with Gasteiger partial charge in [0.15, 0.2) is 0 Å². The Labute approximate surface area is 181 Å². The summed E-state index contributed by atoms with van der Waals surface area (Å²) in [6.45, 7) is 3.77. The number of methoxy groups -OCH3 is 2. The van der Waals surface area contributed by atoms with Gasteiger partial charge in [0.05, 0.1) is 33.0 Å². The molecule has 31 heavy (non-hydrogen) atoms. The van der Waals surface area contributed by atoms with Crippen LogP contribution in [0.4, 0.5) is 0 Å². The molecule has 164 valence electrons. The number of carbonyl (C=O) groups is 2. The third kappa shape index (κ3) is 4.66. The second kappa shape index (κ2) is 10.0. The third-order valence-corrected chi connectivity index (χ3v) is 4.94. The molecule has 0 aromatic heterocycles. The molecule has 7 heteroatoms. The number of rotatable bonds is 8. The van der Waals surface area contributed by atoms with Gasteiger partial charge in [0.2, 0.25) is 0 Å². The van der Waals surface area contributed by atoms with Crippen molar-refractivity contribution in [3.8, 4) is 11.5 Å². The lowest BCUT2D eigenvalue weighted by Gasteiger charge is -2.20. The zero-order chi connectivity index (χ0) is 22.4.